The van der Waals surface area contributed by atoms with E-state index in [9.17, 15) is 10.2 Å². The summed E-state index contributed by atoms with van der Waals surface area (Å²) < 4.78 is 0. The molecule has 2 saturated carbocycles. The predicted octanol–water partition coefficient (Wildman–Crippen LogP) is 3.65. The second kappa shape index (κ2) is 5.50. The van der Waals surface area contributed by atoms with Crippen LogP contribution < -0.4 is 0 Å². The molecular formula is C16H30O2. The van der Waals surface area contributed by atoms with Gasteiger partial charge in [0.15, 0.2) is 0 Å². The third-order valence-electron chi connectivity index (χ3n) is 5.81. The zero-order valence-electron chi connectivity index (χ0n) is 12.1. The molecule has 2 fully saturated rings. The molecule has 0 aromatic rings. The molecule has 0 heterocycles. The van der Waals surface area contributed by atoms with Crippen LogP contribution >= 0.6 is 0 Å². The van der Waals surface area contributed by atoms with Crippen molar-refractivity contribution in [2.45, 2.75) is 89.3 Å². The van der Waals surface area contributed by atoms with E-state index in [-0.39, 0.29) is 5.92 Å². The SMILES string of the molecule is CC1CCCC(O)(C2(O)CCCCCCC2)C1C. The third kappa shape index (κ3) is 2.46. The minimum Gasteiger partial charge on any atom is -0.387 e. The average molecular weight is 254 g/mol. The van der Waals surface area contributed by atoms with Crippen molar-refractivity contribution in [2.24, 2.45) is 11.8 Å². The molecule has 106 valence electrons. The summed E-state index contributed by atoms with van der Waals surface area (Å²) in [6.45, 7) is 4.36. The highest BCUT2D eigenvalue weighted by Crippen LogP contribution is 2.48. The van der Waals surface area contributed by atoms with E-state index in [0.29, 0.717) is 5.92 Å². The van der Waals surface area contributed by atoms with E-state index >= 15 is 0 Å². The molecule has 2 rings (SSSR count). The Hall–Kier alpha value is -0.0800. The molecule has 0 aromatic carbocycles. The maximum Gasteiger partial charge on any atom is 0.0961 e. The topological polar surface area (TPSA) is 40.5 Å². The van der Waals surface area contributed by atoms with Gasteiger partial charge >= 0.3 is 0 Å². The maximum absolute atomic E-state index is 11.2. The van der Waals surface area contributed by atoms with E-state index in [4.69, 9.17) is 0 Å². The van der Waals surface area contributed by atoms with Crippen LogP contribution in [0, 0.1) is 11.8 Å². The number of hydrogen-bond acceptors (Lipinski definition) is 2. The summed E-state index contributed by atoms with van der Waals surface area (Å²) >= 11 is 0. The Kier molecular flexibility index (Phi) is 4.38. The highest BCUT2D eigenvalue weighted by Gasteiger charge is 2.53. The lowest BCUT2D eigenvalue weighted by atomic mass is 9.60. The molecule has 0 aromatic heterocycles. The molecule has 2 N–H and O–H groups in total. The first-order chi connectivity index (χ1) is 8.50. The average Bonchev–Trinajstić information content (AvgIpc) is 2.31. The fraction of sp³-hybridized carbons (Fsp3) is 1.00. The Balaban J connectivity index is 2.18. The van der Waals surface area contributed by atoms with Gasteiger partial charge in [0.25, 0.3) is 0 Å². The maximum atomic E-state index is 11.2. The van der Waals surface area contributed by atoms with E-state index < -0.39 is 11.2 Å². The van der Waals surface area contributed by atoms with Gasteiger partial charge in [0, 0.05) is 0 Å². The molecule has 18 heavy (non-hydrogen) atoms. The van der Waals surface area contributed by atoms with Crippen LogP contribution in [0.2, 0.25) is 0 Å². The summed E-state index contributed by atoms with van der Waals surface area (Å²) in [7, 11) is 0. The van der Waals surface area contributed by atoms with Gasteiger partial charge < -0.3 is 10.2 Å². The van der Waals surface area contributed by atoms with Crippen molar-refractivity contribution in [3.8, 4) is 0 Å². The van der Waals surface area contributed by atoms with Crippen molar-refractivity contribution in [3.05, 3.63) is 0 Å². The van der Waals surface area contributed by atoms with Crippen molar-refractivity contribution >= 4 is 0 Å². The zero-order chi connectivity index (χ0) is 13.2. The molecular weight excluding hydrogens is 224 g/mol. The van der Waals surface area contributed by atoms with Crippen LogP contribution in [0.1, 0.15) is 78.1 Å². The lowest BCUT2D eigenvalue weighted by Gasteiger charge is -2.52. The van der Waals surface area contributed by atoms with Crippen LogP contribution in [0.3, 0.4) is 0 Å². The summed E-state index contributed by atoms with van der Waals surface area (Å²) in [5, 5.41) is 22.3. The second-order valence-corrected chi connectivity index (χ2v) is 6.88. The summed E-state index contributed by atoms with van der Waals surface area (Å²) in [5.41, 5.74) is -1.68. The molecule has 2 heteroatoms. The molecule has 0 amide bonds. The van der Waals surface area contributed by atoms with Gasteiger partial charge in [-0.25, -0.2) is 0 Å². The monoisotopic (exact) mass is 254 g/mol. The smallest absolute Gasteiger partial charge is 0.0961 e. The van der Waals surface area contributed by atoms with Crippen LogP contribution in [0.4, 0.5) is 0 Å². The zero-order valence-corrected chi connectivity index (χ0v) is 12.1. The molecule has 0 radical (unpaired) electrons. The molecule has 0 bridgehead atoms. The lowest BCUT2D eigenvalue weighted by molar-refractivity contribution is -0.210. The van der Waals surface area contributed by atoms with Crippen molar-refractivity contribution in [1.29, 1.82) is 0 Å². The van der Waals surface area contributed by atoms with Gasteiger partial charge in [-0.15, -0.1) is 0 Å². The van der Waals surface area contributed by atoms with Gasteiger partial charge in [0.1, 0.15) is 0 Å². The van der Waals surface area contributed by atoms with Crippen molar-refractivity contribution in [1.82, 2.24) is 0 Å². The standard InChI is InChI=1S/C16H30O2/c1-13-9-8-12-16(18,14(13)2)15(17)10-6-4-3-5-7-11-15/h13-14,17-18H,3-12H2,1-2H3. The van der Waals surface area contributed by atoms with E-state index in [0.717, 1.165) is 38.5 Å². The molecule has 0 saturated heterocycles. The first-order valence-corrected chi connectivity index (χ1v) is 7.94. The Bertz CT molecular complexity index is 268. The highest BCUT2D eigenvalue weighted by molar-refractivity contribution is 5.05. The summed E-state index contributed by atoms with van der Waals surface area (Å²) in [5.74, 6) is 0.744. The van der Waals surface area contributed by atoms with Crippen LogP contribution in [0.25, 0.3) is 0 Å². The Morgan fingerprint density at radius 2 is 1.33 bits per heavy atom. The predicted molar refractivity (Wildman–Crippen MR) is 74.4 cm³/mol. The van der Waals surface area contributed by atoms with Gasteiger partial charge in [-0.05, 0) is 31.1 Å². The van der Waals surface area contributed by atoms with Crippen LogP contribution in [-0.2, 0) is 0 Å². The lowest BCUT2D eigenvalue weighted by Crippen LogP contribution is -2.61. The minimum atomic E-state index is -0.845. The normalized spacial score (nSPS) is 42.0. The second-order valence-electron chi connectivity index (χ2n) is 6.88. The number of rotatable bonds is 1. The quantitative estimate of drug-likeness (QED) is 0.750. The van der Waals surface area contributed by atoms with Crippen LogP contribution in [0.5, 0.6) is 0 Å². The molecule has 0 aliphatic heterocycles. The van der Waals surface area contributed by atoms with Gasteiger partial charge in [0.05, 0.1) is 11.2 Å². The highest BCUT2D eigenvalue weighted by atomic mass is 16.4. The van der Waals surface area contributed by atoms with E-state index in [2.05, 4.69) is 13.8 Å². The third-order valence-corrected chi connectivity index (χ3v) is 5.81. The van der Waals surface area contributed by atoms with E-state index in [1.807, 2.05) is 0 Å². The Morgan fingerprint density at radius 3 is 1.94 bits per heavy atom. The minimum absolute atomic E-state index is 0.218. The molecule has 2 aliphatic carbocycles. The van der Waals surface area contributed by atoms with Crippen molar-refractivity contribution in [3.63, 3.8) is 0 Å². The van der Waals surface area contributed by atoms with Gasteiger partial charge in [0.2, 0.25) is 0 Å². The molecule has 3 unspecified atom stereocenters. The molecule has 3 atom stereocenters. The van der Waals surface area contributed by atoms with Gasteiger partial charge in [-0.1, -0.05) is 58.8 Å². The van der Waals surface area contributed by atoms with E-state index in [1.165, 1.54) is 25.7 Å². The summed E-state index contributed by atoms with van der Waals surface area (Å²) in [6.07, 6.45) is 10.5. The molecule has 2 aliphatic rings. The molecule has 2 nitrogen and oxygen atoms in total. The van der Waals surface area contributed by atoms with Crippen LogP contribution in [-0.4, -0.2) is 21.4 Å². The summed E-state index contributed by atoms with van der Waals surface area (Å²) in [4.78, 5) is 0. The van der Waals surface area contributed by atoms with Crippen molar-refractivity contribution in [2.75, 3.05) is 0 Å². The van der Waals surface area contributed by atoms with Gasteiger partial charge in [-0.3, -0.25) is 0 Å². The Labute approximate surface area is 112 Å². The Morgan fingerprint density at radius 1 is 0.778 bits per heavy atom. The first kappa shape index (κ1) is 14.3. The number of aliphatic hydroxyl groups is 2. The van der Waals surface area contributed by atoms with E-state index in [1.54, 1.807) is 0 Å². The fourth-order valence-electron chi connectivity index (χ4n) is 4.22. The number of hydrogen-bond donors (Lipinski definition) is 2. The first-order valence-electron chi connectivity index (χ1n) is 7.94. The fourth-order valence-corrected chi connectivity index (χ4v) is 4.22. The van der Waals surface area contributed by atoms with Crippen molar-refractivity contribution < 1.29 is 10.2 Å². The summed E-state index contributed by atoms with van der Waals surface area (Å²) in [6, 6.07) is 0. The largest absolute Gasteiger partial charge is 0.387 e. The van der Waals surface area contributed by atoms with Crippen LogP contribution in [0.15, 0.2) is 0 Å². The van der Waals surface area contributed by atoms with Gasteiger partial charge in [-0.2, -0.15) is 0 Å². The molecule has 0 spiro atoms.